The number of benzene rings is 1. The third-order valence-corrected chi connectivity index (χ3v) is 4.47. The molecule has 2 nitrogen and oxygen atoms in total. The predicted molar refractivity (Wildman–Crippen MR) is 68.6 cm³/mol. The van der Waals surface area contributed by atoms with Crippen molar-refractivity contribution in [3.63, 3.8) is 0 Å². The summed E-state index contributed by atoms with van der Waals surface area (Å²) in [7, 11) is 0. The van der Waals surface area contributed by atoms with Crippen LogP contribution in [0.3, 0.4) is 0 Å². The minimum absolute atomic E-state index is 0.492. The zero-order chi connectivity index (χ0) is 11.2. The summed E-state index contributed by atoms with van der Waals surface area (Å²) >= 11 is 12.2. The summed E-state index contributed by atoms with van der Waals surface area (Å²) < 4.78 is 0. The lowest BCUT2D eigenvalue weighted by molar-refractivity contribution is 0.243. The lowest BCUT2D eigenvalue weighted by atomic mass is 9.79. The molecule has 0 atom stereocenters. The molecule has 16 heavy (non-hydrogen) atoms. The van der Waals surface area contributed by atoms with Crippen LogP contribution in [-0.4, -0.2) is 26.2 Å². The van der Waals surface area contributed by atoms with E-state index >= 15 is 0 Å². The maximum Gasteiger partial charge on any atom is 0.0825 e. The van der Waals surface area contributed by atoms with E-state index < -0.39 is 0 Å². The van der Waals surface area contributed by atoms with Gasteiger partial charge in [0, 0.05) is 25.0 Å². The van der Waals surface area contributed by atoms with Gasteiger partial charge in [0.05, 0.1) is 15.7 Å². The topological polar surface area (TPSA) is 15.3 Å². The minimum atomic E-state index is 0.492. The van der Waals surface area contributed by atoms with Crippen LogP contribution in [0.25, 0.3) is 0 Å². The Kier molecular flexibility index (Phi) is 2.54. The summed E-state index contributed by atoms with van der Waals surface area (Å²) in [5.41, 5.74) is 1.57. The van der Waals surface area contributed by atoms with Crippen molar-refractivity contribution in [2.75, 3.05) is 31.1 Å². The average molecular weight is 257 g/mol. The molecule has 2 aliphatic heterocycles. The van der Waals surface area contributed by atoms with Gasteiger partial charge >= 0.3 is 0 Å². The predicted octanol–water partition coefficient (Wildman–Crippen LogP) is 2.79. The second kappa shape index (κ2) is 3.80. The molecule has 2 fully saturated rings. The molecule has 0 bridgehead atoms. The van der Waals surface area contributed by atoms with Crippen molar-refractivity contribution < 1.29 is 0 Å². The van der Waals surface area contributed by atoms with Crippen molar-refractivity contribution in [3.8, 4) is 0 Å². The summed E-state index contributed by atoms with van der Waals surface area (Å²) in [5.74, 6) is 0. The largest absolute Gasteiger partial charge is 0.369 e. The van der Waals surface area contributed by atoms with Crippen LogP contribution in [0.15, 0.2) is 18.2 Å². The summed E-state index contributed by atoms with van der Waals surface area (Å²) in [6.45, 7) is 4.49. The van der Waals surface area contributed by atoms with E-state index in [4.69, 9.17) is 23.2 Å². The molecule has 1 aromatic carbocycles. The van der Waals surface area contributed by atoms with Crippen LogP contribution < -0.4 is 10.2 Å². The van der Waals surface area contributed by atoms with Gasteiger partial charge in [0.1, 0.15) is 0 Å². The van der Waals surface area contributed by atoms with E-state index in [0.29, 0.717) is 15.5 Å². The first-order valence-corrected chi connectivity index (χ1v) is 6.36. The molecule has 2 heterocycles. The smallest absolute Gasteiger partial charge is 0.0825 e. The molecule has 1 aromatic rings. The molecular formula is C12H14Cl2N2. The van der Waals surface area contributed by atoms with Gasteiger partial charge in [-0.3, -0.25) is 0 Å². The fraction of sp³-hybridized carbons (Fsp3) is 0.500. The van der Waals surface area contributed by atoms with E-state index in [1.165, 1.54) is 6.42 Å². The molecule has 2 saturated heterocycles. The number of halogens is 2. The van der Waals surface area contributed by atoms with E-state index in [1.807, 2.05) is 18.2 Å². The molecule has 0 unspecified atom stereocenters. The summed E-state index contributed by atoms with van der Waals surface area (Å²) in [6, 6.07) is 5.84. The summed E-state index contributed by atoms with van der Waals surface area (Å²) in [6.07, 6.45) is 1.28. The van der Waals surface area contributed by atoms with Crippen LogP contribution in [0.2, 0.25) is 10.0 Å². The number of nitrogens with zero attached hydrogens (tertiary/aromatic N) is 1. The zero-order valence-electron chi connectivity index (χ0n) is 8.97. The fourth-order valence-corrected chi connectivity index (χ4v) is 3.15. The lowest BCUT2D eigenvalue weighted by Crippen LogP contribution is -2.57. The highest BCUT2D eigenvalue weighted by molar-refractivity contribution is 6.43. The van der Waals surface area contributed by atoms with E-state index in [1.54, 1.807) is 0 Å². The summed E-state index contributed by atoms with van der Waals surface area (Å²) in [5, 5.41) is 4.76. The van der Waals surface area contributed by atoms with Crippen molar-refractivity contribution in [1.29, 1.82) is 0 Å². The van der Waals surface area contributed by atoms with E-state index in [2.05, 4.69) is 10.2 Å². The van der Waals surface area contributed by atoms with Crippen LogP contribution >= 0.6 is 23.2 Å². The van der Waals surface area contributed by atoms with Crippen LogP contribution in [0.5, 0.6) is 0 Å². The van der Waals surface area contributed by atoms with Gasteiger partial charge in [0.25, 0.3) is 0 Å². The number of anilines is 1. The lowest BCUT2D eigenvalue weighted by Gasteiger charge is -2.49. The Morgan fingerprint density at radius 1 is 1.25 bits per heavy atom. The first-order chi connectivity index (χ1) is 7.70. The summed E-state index contributed by atoms with van der Waals surface area (Å²) in [4.78, 5) is 2.32. The van der Waals surface area contributed by atoms with E-state index in [0.717, 1.165) is 31.9 Å². The molecule has 2 aliphatic rings. The first-order valence-electron chi connectivity index (χ1n) is 5.60. The van der Waals surface area contributed by atoms with Gasteiger partial charge in [-0.1, -0.05) is 29.3 Å². The Bertz CT molecular complexity index is 405. The second-order valence-corrected chi connectivity index (χ2v) is 5.64. The average Bonchev–Trinajstić information content (AvgIpc) is 2.69. The molecule has 0 saturated carbocycles. The first kappa shape index (κ1) is 10.7. The van der Waals surface area contributed by atoms with Gasteiger partial charge in [0.15, 0.2) is 0 Å². The number of hydrogen-bond acceptors (Lipinski definition) is 2. The quantitative estimate of drug-likeness (QED) is 0.832. The second-order valence-electron chi connectivity index (χ2n) is 4.86. The molecule has 0 aromatic heterocycles. The van der Waals surface area contributed by atoms with Crippen molar-refractivity contribution in [1.82, 2.24) is 5.32 Å². The van der Waals surface area contributed by atoms with Crippen LogP contribution in [-0.2, 0) is 0 Å². The normalized spacial score (nSPS) is 22.5. The van der Waals surface area contributed by atoms with Crippen LogP contribution in [0.1, 0.15) is 6.42 Å². The Balaban J connectivity index is 1.78. The number of nitrogens with one attached hydrogen (secondary N) is 1. The van der Waals surface area contributed by atoms with Gasteiger partial charge in [-0.2, -0.15) is 0 Å². The van der Waals surface area contributed by atoms with Gasteiger partial charge in [0.2, 0.25) is 0 Å². The van der Waals surface area contributed by atoms with E-state index in [-0.39, 0.29) is 0 Å². The highest BCUT2D eigenvalue weighted by Crippen LogP contribution is 2.42. The minimum Gasteiger partial charge on any atom is -0.369 e. The molecule has 0 aliphatic carbocycles. The Labute approximate surface area is 106 Å². The SMILES string of the molecule is Clc1cccc(N2CC3(CCNC3)C2)c1Cl. The van der Waals surface area contributed by atoms with Crippen molar-refractivity contribution in [2.45, 2.75) is 6.42 Å². The highest BCUT2D eigenvalue weighted by Gasteiger charge is 2.45. The molecule has 1 spiro atoms. The third-order valence-electron chi connectivity index (χ3n) is 3.66. The van der Waals surface area contributed by atoms with Gasteiger partial charge < -0.3 is 10.2 Å². The molecule has 0 radical (unpaired) electrons. The van der Waals surface area contributed by atoms with Crippen molar-refractivity contribution in [3.05, 3.63) is 28.2 Å². The Hall–Kier alpha value is -0.440. The maximum atomic E-state index is 6.21. The maximum absolute atomic E-state index is 6.21. The van der Waals surface area contributed by atoms with Crippen molar-refractivity contribution in [2.24, 2.45) is 5.41 Å². The van der Waals surface area contributed by atoms with Gasteiger partial charge in [-0.05, 0) is 25.1 Å². The fourth-order valence-electron chi connectivity index (χ4n) is 2.74. The molecule has 0 amide bonds. The van der Waals surface area contributed by atoms with Crippen LogP contribution in [0.4, 0.5) is 5.69 Å². The third kappa shape index (κ3) is 1.60. The monoisotopic (exact) mass is 256 g/mol. The van der Waals surface area contributed by atoms with Crippen LogP contribution in [0, 0.1) is 5.41 Å². The molecule has 86 valence electrons. The van der Waals surface area contributed by atoms with Gasteiger partial charge in [-0.15, -0.1) is 0 Å². The molecule has 3 rings (SSSR count). The number of rotatable bonds is 1. The number of hydrogen-bond donors (Lipinski definition) is 1. The van der Waals surface area contributed by atoms with E-state index in [9.17, 15) is 0 Å². The molecule has 1 N–H and O–H groups in total. The zero-order valence-corrected chi connectivity index (χ0v) is 10.5. The molecule has 4 heteroatoms. The Morgan fingerprint density at radius 2 is 2.06 bits per heavy atom. The highest BCUT2D eigenvalue weighted by atomic mass is 35.5. The van der Waals surface area contributed by atoms with Gasteiger partial charge in [-0.25, -0.2) is 0 Å². The Morgan fingerprint density at radius 3 is 2.75 bits per heavy atom. The van der Waals surface area contributed by atoms with Crippen molar-refractivity contribution >= 4 is 28.9 Å². The standard InChI is InChI=1S/C12H14Cl2N2/c13-9-2-1-3-10(11(9)14)16-7-12(8-16)4-5-15-6-12/h1-3,15H,4-8H2. The molecular weight excluding hydrogens is 243 g/mol.